The van der Waals surface area contributed by atoms with Gasteiger partial charge >= 0.3 is 0 Å². The highest BCUT2D eigenvalue weighted by molar-refractivity contribution is 7.26. The van der Waals surface area contributed by atoms with Gasteiger partial charge in [0.1, 0.15) is 10.6 Å². The SMILES string of the molecule is CC1(C)c2ccccc2-c2cc(N(c3ccc(-c4ccccc4)cc3)c3ccc4c(n3)sc3c5ccccc5ccc43)ccc21. The third-order valence-electron chi connectivity index (χ3n) is 9.50. The van der Waals surface area contributed by atoms with Crippen molar-refractivity contribution < 1.29 is 0 Å². The van der Waals surface area contributed by atoms with Gasteiger partial charge in [0.25, 0.3) is 0 Å². The molecule has 0 aliphatic heterocycles. The van der Waals surface area contributed by atoms with Crippen LogP contribution in [0.25, 0.3) is 53.3 Å². The Labute approximate surface area is 266 Å². The maximum Gasteiger partial charge on any atom is 0.139 e. The minimum Gasteiger partial charge on any atom is -0.295 e. The second kappa shape index (κ2) is 9.88. The fourth-order valence-corrected chi connectivity index (χ4v) is 8.40. The lowest BCUT2D eigenvalue weighted by molar-refractivity contribution is 0.660. The largest absolute Gasteiger partial charge is 0.295 e. The van der Waals surface area contributed by atoms with Gasteiger partial charge < -0.3 is 0 Å². The molecule has 0 unspecified atom stereocenters. The zero-order chi connectivity index (χ0) is 30.1. The topological polar surface area (TPSA) is 16.1 Å². The number of rotatable bonds is 4. The molecule has 0 radical (unpaired) electrons. The molecule has 0 bridgehead atoms. The van der Waals surface area contributed by atoms with Crippen molar-refractivity contribution in [2.75, 3.05) is 4.90 Å². The van der Waals surface area contributed by atoms with Crippen molar-refractivity contribution in [3.63, 3.8) is 0 Å². The van der Waals surface area contributed by atoms with Crippen LogP contribution in [0.5, 0.6) is 0 Å². The minimum atomic E-state index is -0.0381. The lowest BCUT2D eigenvalue weighted by Gasteiger charge is -2.26. The lowest BCUT2D eigenvalue weighted by atomic mass is 9.82. The summed E-state index contributed by atoms with van der Waals surface area (Å²) in [5.41, 5.74) is 9.92. The zero-order valence-electron chi connectivity index (χ0n) is 25.2. The molecule has 0 N–H and O–H groups in total. The maximum absolute atomic E-state index is 5.36. The molecule has 45 heavy (non-hydrogen) atoms. The van der Waals surface area contributed by atoms with Gasteiger partial charge in [-0.15, -0.1) is 11.3 Å². The Morgan fingerprint density at radius 2 is 1.22 bits per heavy atom. The second-order valence-electron chi connectivity index (χ2n) is 12.4. The smallest absolute Gasteiger partial charge is 0.139 e. The van der Waals surface area contributed by atoms with Crippen molar-refractivity contribution in [2.45, 2.75) is 19.3 Å². The van der Waals surface area contributed by atoms with Crippen molar-refractivity contribution >= 4 is 59.6 Å². The molecule has 1 aliphatic rings. The van der Waals surface area contributed by atoms with Crippen molar-refractivity contribution in [1.82, 2.24) is 4.98 Å². The average molecular weight is 595 g/mol. The monoisotopic (exact) mass is 594 g/mol. The van der Waals surface area contributed by atoms with E-state index in [-0.39, 0.29) is 5.41 Å². The number of nitrogens with zero attached hydrogens (tertiary/aromatic N) is 2. The van der Waals surface area contributed by atoms with Gasteiger partial charge in [0, 0.05) is 32.3 Å². The van der Waals surface area contributed by atoms with E-state index in [9.17, 15) is 0 Å². The fourth-order valence-electron chi connectivity index (χ4n) is 7.19. The molecule has 2 heterocycles. The van der Waals surface area contributed by atoms with E-state index >= 15 is 0 Å². The van der Waals surface area contributed by atoms with Crippen LogP contribution in [0, 0.1) is 0 Å². The van der Waals surface area contributed by atoms with Crippen molar-refractivity contribution in [3.05, 3.63) is 157 Å². The second-order valence-corrected chi connectivity index (χ2v) is 13.4. The Hall–Kier alpha value is -5.25. The molecular formula is C42H30N2S. The summed E-state index contributed by atoms with van der Waals surface area (Å²) in [6.45, 7) is 4.66. The van der Waals surface area contributed by atoms with Crippen LogP contribution in [0.3, 0.4) is 0 Å². The normalized spacial score (nSPS) is 13.3. The Morgan fingerprint density at radius 3 is 2.09 bits per heavy atom. The summed E-state index contributed by atoms with van der Waals surface area (Å²) >= 11 is 1.79. The molecule has 8 aromatic rings. The Bertz CT molecular complexity index is 2400. The third kappa shape index (κ3) is 4.04. The standard InChI is InChI=1S/C42H30N2S/c1-42(2)37-15-9-8-14-33(37)36-26-31(21-24-38(36)42)44(30-19-16-28(17-20-30)27-10-4-3-5-11-27)39-25-23-35-34-22-18-29-12-6-7-13-32(29)40(34)45-41(35)43-39/h3-26H,1-2H3. The van der Waals surface area contributed by atoms with Gasteiger partial charge in [-0.25, -0.2) is 4.98 Å². The third-order valence-corrected chi connectivity index (χ3v) is 10.6. The number of fused-ring (bicyclic) bond motifs is 8. The highest BCUT2D eigenvalue weighted by atomic mass is 32.1. The number of hydrogen-bond donors (Lipinski definition) is 0. The van der Waals surface area contributed by atoms with Gasteiger partial charge in [0.2, 0.25) is 0 Å². The van der Waals surface area contributed by atoms with Crippen LogP contribution in [-0.4, -0.2) is 4.98 Å². The van der Waals surface area contributed by atoms with Gasteiger partial charge in [-0.1, -0.05) is 123 Å². The average Bonchev–Trinajstić information content (AvgIpc) is 3.58. The van der Waals surface area contributed by atoms with E-state index < -0.39 is 0 Å². The van der Waals surface area contributed by atoms with E-state index in [0.717, 1.165) is 22.0 Å². The van der Waals surface area contributed by atoms with Gasteiger partial charge in [-0.3, -0.25) is 4.90 Å². The summed E-state index contributed by atoms with van der Waals surface area (Å²) in [6, 6.07) is 52.8. The van der Waals surface area contributed by atoms with E-state index in [1.54, 1.807) is 11.3 Å². The summed E-state index contributed by atoms with van der Waals surface area (Å²) < 4.78 is 1.29. The quantitative estimate of drug-likeness (QED) is 0.201. The summed E-state index contributed by atoms with van der Waals surface area (Å²) in [5, 5.41) is 5.02. The molecule has 214 valence electrons. The predicted octanol–water partition coefficient (Wildman–Crippen LogP) is 12.0. The number of benzene rings is 6. The van der Waals surface area contributed by atoms with E-state index in [1.165, 1.54) is 59.6 Å². The summed E-state index contributed by atoms with van der Waals surface area (Å²) in [7, 11) is 0. The molecule has 6 aromatic carbocycles. The minimum absolute atomic E-state index is 0.0381. The van der Waals surface area contributed by atoms with Gasteiger partial charge in [0.05, 0.1) is 0 Å². The Morgan fingerprint density at radius 1 is 0.533 bits per heavy atom. The Kier molecular flexibility index (Phi) is 5.75. The molecule has 0 atom stereocenters. The molecule has 0 saturated heterocycles. The number of pyridine rings is 1. The van der Waals surface area contributed by atoms with Gasteiger partial charge in [-0.2, -0.15) is 0 Å². The van der Waals surface area contributed by atoms with Crippen LogP contribution >= 0.6 is 11.3 Å². The van der Waals surface area contributed by atoms with Crippen molar-refractivity contribution in [1.29, 1.82) is 0 Å². The van der Waals surface area contributed by atoms with Crippen LogP contribution in [0.4, 0.5) is 17.2 Å². The van der Waals surface area contributed by atoms with Crippen LogP contribution in [0.1, 0.15) is 25.0 Å². The summed E-state index contributed by atoms with van der Waals surface area (Å²) in [4.78, 5) is 8.73. The van der Waals surface area contributed by atoms with Crippen LogP contribution in [0.15, 0.2) is 146 Å². The fraction of sp³-hybridized carbons (Fsp3) is 0.0714. The van der Waals surface area contributed by atoms with Crippen molar-refractivity contribution in [2.24, 2.45) is 0 Å². The van der Waals surface area contributed by atoms with Crippen molar-refractivity contribution in [3.8, 4) is 22.3 Å². The molecule has 0 saturated carbocycles. The van der Waals surface area contributed by atoms with Crippen LogP contribution in [-0.2, 0) is 5.41 Å². The summed E-state index contributed by atoms with van der Waals surface area (Å²) in [6.07, 6.45) is 0. The first-order chi connectivity index (χ1) is 22.1. The number of hydrogen-bond acceptors (Lipinski definition) is 3. The molecule has 9 rings (SSSR count). The van der Waals surface area contributed by atoms with E-state index in [4.69, 9.17) is 4.98 Å². The molecule has 3 heteroatoms. The molecule has 2 nitrogen and oxygen atoms in total. The Balaban J connectivity index is 1.23. The highest BCUT2D eigenvalue weighted by Crippen LogP contribution is 2.50. The molecule has 1 aliphatic carbocycles. The predicted molar refractivity (Wildman–Crippen MR) is 192 cm³/mol. The summed E-state index contributed by atoms with van der Waals surface area (Å²) in [5.74, 6) is 0.913. The number of aromatic nitrogens is 1. The first-order valence-corrected chi connectivity index (χ1v) is 16.3. The zero-order valence-corrected chi connectivity index (χ0v) is 26.0. The molecule has 0 spiro atoms. The lowest BCUT2D eigenvalue weighted by Crippen LogP contribution is -2.15. The number of thiophene rings is 1. The van der Waals surface area contributed by atoms with Crippen LogP contribution in [0.2, 0.25) is 0 Å². The maximum atomic E-state index is 5.36. The van der Waals surface area contributed by atoms with Gasteiger partial charge in [-0.05, 0) is 80.6 Å². The van der Waals surface area contributed by atoms with E-state index in [2.05, 4.69) is 164 Å². The molecule has 2 aromatic heterocycles. The first-order valence-electron chi connectivity index (χ1n) is 15.5. The van der Waals surface area contributed by atoms with E-state index in [0.29, 0.717) is 0 Å². The first kappa shape index (κ1) is 26.2. The molecule has 0 amide bonds. The highest BCUT2D eigenvalue weighted by Gasteiger charge is 2.35. The van der Waals surface area contributed by atoms with Crippen LogP contribution < -0.4 is 4.90 Å². The molecule has 0 fully saturated rings. The van der Waals surface area contributed by atoms with E-state index in [1.807, 2.05) is 0 Å². The molecular weight excluding hydrogens is 565 g/mol. The number of anilines is 3. The van der Waals surface area contributed by atoms with Gasteiger partial charge in [0.15, 0.2) is 0 Å².